The maximum atomic E-state index is 6.08. The van der Waals surface area contributed by atoms with Gasteiger partial charge in [0.15, 0.2) is 0 Å². The predicted molar refractivity (Wildman–Crippen MR) is 50.0 cm³/mol. The van der Waals surface area contributed by atoms with Crippen molar-refractivity contribution in [2.75, 3.05) is 5.73 Å². The minimum absolute atomic E-state index is 0.829. The Morgan fingerprint density at radius 1 is 1.27 bits per heavy atom. The molecule has 2 nitrogen and oxygen atoms in total. The summed E-state index contributed by atoms with van der Waals surface area (Å²) in [6.45, 7) is 3.71. The molecule has 0 aliphatic carbocycles. The van der Waals surface area contributed by atoms with Gasteiger partial charge in [-0.1, -0.05) is 17.7 Å². The molecule has 0 unspecified atom stereocenters. The average molecular weight is 150 g/mol. The van der Waals surface area contributed by atoms with Crippen molar-refractivity contribution in [2.24, 2.45) is 0 Å². The van der Waals surface area contributed by atoms with E-state index in [2.05, 4.69) is 0 Å². The van der Waals surface area contributed by atoms with Crippen LogP contribution in [0.2, 0.25) is 0 Å². The zero-order chi connectivity index (χ0) is 8.69. The molecule has 1 rings (SSSR count). The fraction of sp³-hybridized carbons (Fsp3) is 0.222. The van der Waals surface area contributed by atoms with Crippen LogP contribution < -0.4 is 5.73 Å². The van der Waals surface area contributed by atoms with Crippen molar-refractivity contribution < 1.29 is 0 Å². The molecular weight excluding hydrogens is 136 g/mol. The summed E-state index contributed by atoms with van der Waals surface area (Å²) in [5, 5.41) is 6.08. The molecule has 0 radical (unpaired) electrons. The van der Waals surface area contributed by atoms with Crippen molar-refractivity contribution in [1.29, 1.82) is 5.41 Å². The van der Waals surface area contributed by atoms with Gasteiger partial charge in [0.25, 0.3) is 0 Å². The molecule has 60 valence electrons. The van der Waals surface area contributed by atoms with Gasteiger partial charge in [0, 0.05) is 5.69 Å². The van der Waals surface area contributed by atoms with E-state index in [4.69, 9.17) is 11.1 Å². The standard InChI is InChI=1S/C7H9N.C2H5N/c1-6-2-4-7(8)5-3-6;1-2-3/h2-5H,8H2,1H3;2-3H,1H3. The Morgan fingerprint density at radius 2 is 1.64 bits per heavy atom. The average Bonchev–Trinajstić information content (AvgIpc) is 1.97. The van der Waals surface area contributed by atoms with Gasteiger partial charge >= 0.3 is 0 Å². The number of rotatable bonds is 0. The van der Waals surface area contributed by atoms with E-state index in [9.17, 15) is 0 Å². The second kappa shape index (κ2) is 5.47. The van der Waals surface area contributed by atoms with E-state index in [-0.39, 0.29) is 0 Å². The van der Waals surface area contributed by atoms with Gasteiger partial charge in [-0.05, 0) is 32.2 Å². The summed E-state index contributed by atoms with van der Waals surface area (Å²) < 4.78 is 0. The summed E-state index contributed by atoms with van der Waals surface area (Å²) >= 11 is 0. The Kier molecular flexibility index (Phi) is 4.82. The first-order valence-electron chi connectivity index (χ1n) is 3.48. The fourth-order valence-corrected chi connectivity index (χ4v) is 0.566. The first kappa shape index (κ1) is 9.69. The van der Waals surface area contributed by atoms with Gasteiger partial charge in [0.2, 0.25) is 0 Å². The molecule has 0 fully saturated rings. The van der Waals surface area contributed by atoms with E-state index in [1.165, 1.54) is 11.8 Å². The van der Waals surface area contributed by atoms with Crippen molar-refractivity contribution in [2.45, 2.75) is 13.8 Å². The van der Waals surface area contributed by atoms with Gasteiger partial charge < -0.3 is 11.1 Å². The van der Waals surface area contributed by atoms with Gasteiger partial charge in [-0.3, -0.25) is 0 Å². The molecular formula is C9H14N2. The molecule has 0 heterocycles. The zero-order valence-electron chi connectivity index (χ0n) is 6.96. The third-order valence-corrected chi connectivity index (χ3v) is 1.08. The second-order valence-electron chi connectivity index (χ2n) is 2.20. The van der Waals surface area contributed by atoms with Crippen molar-refractivity contribution in [3.63, 3.8) is 0 Å². The van der Waals surface area contributed by atoms with Crippen LogP contribution in [0, 0.1) is 12.3 Å². The zero-order valence-corrected chi connectivity index (χ0v) is 6.96. The smallest absolute Gasteiger partial charge is 0.0314 e. The number of hydrogen-bond donors (Lipinski definition) is 2. The lowest BCUT2D eigenvalue weighted by Crippen LogP contribution is -1.81. The molecule has 0 spiro atoms. The van der Waals surface area contributed by atoms with E-state index in [1.807, 2.05) is 31.2 Å². The first-order chi connectivity index (χ1) is 5.20. The lowest BCUT2D eigenvalue weighted by atomic mass is 10.2. The van der Waals surface area contributed by atoms with Crippen molar-refractivity contribution in [1.82, 2.24) is 0 Å². The van der Waals surface area contributed by atoms with Crippen LogP contribution in [0.25, 0.3) is 0 Å². The first-order valence-corrected chi connectivity index (χ1v) is 3.48. The van der Waals surface area contributed by atoms with Gasteiger partial charge in [0.05, 0.1) is 0 Å². The Hall–Kier alpha value is -1.31. The summed E-state index contributed by atoms with van der Waals surface area (Å²) in [7, 11) is 0. The van der Waals surface area contributed by atoms with E-state index in [0.717, 1.165) is 5.69 Å². The summed E-state index contributed by atoms with van der Waals surface area (Å²) in [5.41, 5.74) is 7.51. The van der Waals surface area contributed by atoms with E-state index in [1.54, 1.807) is 6.92 Å². The second-order valence-corrected chi connectivity index (χ2v) is 2.20. The number of nitrogens with two attached hydrogens (primary N) is 1. The largest absolute Gasteiger partial charge is 0.399 e. The molecule has 0 bridgehead atoms. The number of anilines is 1. The van der Waals surface area contributed by atoms with Crippen LogP contribution in [0.3, 0.4) is 0 Å². The predicted octanol–water partition coefficient (Wildman–Crippen LogP) is 2.23. The van der Waals surface area contributed by atoms with Gasteiger partial charge in [0.1, 0.15) is 0 Å². The number of hydrogen-bond acceptors (Lipinski definition) is 2. The van der Waals surface area contributed by atoms with Gasteiger partial charge in [-0.15, -0.1) is 0 Å². The van der Waals surface area contributed by atoms with Crippen molar-refractivity contribution in [3.8, 4) is 0 Å². The minimum Gasteiger partial charge on any atom is -0.399 e. The van der Waals surface area contributed by atoms with E-state index >= 15 is 0 Å². The minimum atomic E-state index is 0.829. The van der Waals surface area contributed by atoms with E-state index < -0.39 is 0 Å². The highest BCUT2D eigenvalue weighted by Crippen LogP contribution is 2.02. The molecule has 0 saturated carbocycles. The topological polar surface area (TPSA) is 49.9 Å². The van der Waals surface area contributed by atoms with Crippen LogP contribution in [-0.4, -0.2) is 6.21 Å². The Balaban J connectivity index is 0.000000292. The highest BCUT2D eigenvalue weighted by molar-refractivity contribution is 5.48. The Morgan fingerprint density at radius 3 is 1.91 bits per heavy atom. The monoisotopic (exact) mass is 150 g/mol. The van der Waals surface area contributed by atoms with Crippen LogP contribution in [0.1, 0.15) is 12.5 Å². The van der Waals surface area contributed by atoms with Crippen LogP contribution >= 0.6 is 0 Å². The molecule has 0 aliphatic rings. The van der Waals surface area contributed by atoms with Gasteiger partial charge in [-0.25, -0.2) is 0 Å². The fourth-order valence-electron chi connectivity index (χ4n) is 0.566. The highest BCUT2D eigenvalue weighted by Gasteiger charge is 1.80. The van der Waals surface area contributed by atoms with Crippen molar-refractivity contribution in [3.05, 3.63) is 29.8 Å². The summed E-state index contributed by atoms with van der Waals surface area (Å²) in [5.74, 6) is 0. The third kappa shape index (κ3) is 5.15. The Labute approximate surface area is 67.6 Å². The van der Waals surface area contributed by atoms with E-state index in [0.29, 0.717) is 0 Å². The van der Waals surface area contributed by atoms with Crippen molar-refractivity contribution >= 4 is 11.9 Å². The number of nitrogen functional groups attached to an aromatic ring is 1. The third-order valence-electron chi connectivity index (χ3n) is 1.08. The molecule has 11 heavy (non-hydrogen) atoms. The molecule has 0 saturated heterocycles. The molecule has 1 aromatic rings. The molecule has 3 N–H and O–H groups in total. The van der Waals surface area contributed by atoms with Crippen LogP contribution in [0.5, 0.6) is 0 Å². The molecule has 1 aromatic carbocycles. The number of nitrogens with one attached hydrogen (secondary N) is 1. The lowest BCUT2D eigenvalue weighted by Gasteiger charge is -1.90. The lowest BCUT2D eigenvalue weighted by molar-refractivity contribution is 1.47. The maximum absolute atomic E-state index is 6.08. The van der Waals surface area contributed by atoms with Crippen LogP contribution in [0.15, 0.2) is 24.3 Å². The molecule has 0 aromatic heterocycles. The van der Waals surface area contributed by atoms with Gasteiger partial charge in [-0.2, -0.15) is 0 Å². The molecule has 0 atom stereocenters. The summed E-state index contributed by atoms with van der Waals surface area (Å²) in [6.07, 6.45) is 1.25. The Bertz CT molecular complexity index is 180. The quantitative estimate of drug-likeness (QED) is 0.432. The summed E-state index contributed by atoms with van der Waals surface area (Å²) in [6, 6.07) is 7.79. The number of benzene rings is 1. The SMILES string of the molecule is CC=N.Cc1ccc(N)cc1. The molecule has 2 heteroatoms. The number of aryl methyl sites for hydroxylation is 1. The van der Waals surface area contributed by atoms with Crippen LogP contribution in [-0.2, 0) is 0 Å². The van der Waals surface area contributed by atoms with Crippen LogP contribution in [0.4, 0.5) is 5.69 Å². The normalized spacial score (nSPS) is 7.82. The highest BCUT2D eigenvalue weighted by atomic mass is 14.5. The molecule has 0 amide bonds. The molecule has 0 aliphatic heterocycles. The summed E-state index contributed by atoms with van der Waals surface area (Å²) in [4.78, 5) is 0. The maximum Gasteiger partial charge on any atom is 0.0314 e.